The second-order valence-corrected chi connectivity index (χ2v) is 5.23. The van der Waals surface area contributed by atoms with E-state index in [0.717, 1.165) is 5.56 Å². The SMILES string of the molecule is O=c1ccn(C(c2ccccc2)C(O)c2ccccc2)c(=O)[nH]1. The van der Waals surface area contributed by atoms with Gasteiger partial charge in [-0.1, -0.05) is 60.7 Å². The fourth-order valence-corrected chi connectivity index (χ4v) is 2.62. The predicted octanol–water partition coefficient (Wildman–Crippen LogP) is 1.86. The van der Waals surface area contributed by atoms with Gasteiger partial charge in [-0.25, -0.2) is 4.79 Å². The first kappa shape index (κ1) is 15.0. The van der Waals surface area contributed by atoms with Gasteiger partial charge in [-0.05, 0) is 11.1 Å². The molecule has 2 aromatic carbocycles. The number of hydrogen-bond donors (Lipinski definition) is 2. The van der Waals surface area contributed by atoms with Crippen molar-refractivity contribution in [3.63, 3.8) is 0 Å². The van der Waals surface area contributed by atoms with Crippen molar-refractivity contribution in [2.24, 2.45) is 0 Å². The molecule has 3 aromatic rings. The molecule has 5 heteroatoms. The van der Waals surface area contributed by atoms with Crippen molar-refractivity contribution in [1.29, 1.82) is 0 Å². The highest BCUT2D eigenvalue weighted by Crippen LogP contribution is 2.31. The normalized spacial score (nSPS) is 13.4. The molecule has 2 unspecified atom stereocenters. The highest BCUT2D eigenvalue weighted by molar-refractivity contribution is 5.27. The van der Waals surface area contributed by atoms with Gasteiger partial charge in [0, 0.05) is 12.3 Å². The summed E-state index contributed by atoms with van der Waals surface area (Å²) in [5.74, 6) is 0. The molecule has 0 aliphatic carbocycles. The molecule has 0 aliphatic rings. The van der Waals surface area contributed by atoms with E-state index in [1.54, 1.807) is 12.1 Å². The summed E-state index contributed by atoms with van der Waals surface area (Å²) in [5, 5.41) is 10.8. The average Bonchev–Trinajstić information content (AvgIpc) is 2.59. The predicted molar refractivity (Wildman–Crippen MR) is 87.3 cm³/mol. The van der Waals surface area contributed by atoms with E-state index >= 15 is 0 Å². The Kier molecular flexibility index (Phi) is 4.21. The summed E-state index contributed by atoms with van der Waals surface area (Å²) in [6, 6.07) is 19.0. The lowest BCUT2D eigenvalue weighted by Crippen LogP contribution is -2.34. The lowest BCUT2D eigenvalue weighted by atomic mass is 9.95. The molecular formula is C18H16N2O3. The zero-order valence-corrected chi connectivity index (χ0v) is 12.3. The lowest BCUT2D eigenvalue weighted by molar-refractivity contribution is 0.129. The zero-order chi connectivity index (χ0) is 16.2. The van der Waals surface area contributed by atoms with Crippen LogP contribution in [0.4, 0.5) is 0 Å². The fraction of sp³-hybridized carbons (Fsp3) is 0.111. The van der Waals surface area contributed by atoms with Crippen LogP contribution in [0.1, 0.15) is 23.3 Å². The van der Waals surface area contributed by atoms with Crippen molar-refractivity contribution in [3.05, 3.63) is 105 Å². The van der Waals surface area contributed by atoms with Crippen LogP contribution in [-0.2, 0) is 0 Å². The van der Waals surface area contributed by atoms with Crippen LogP contribution in [0, 0.1) is 0 Å². The molecule has 0 saturated heterocycles. The Morgan fingerprint density at radius 2 is 1.39 bits per heavy atom. The maximum Gasteiger partial charge on any atom is 0.328 e. The fourth-order valence-electron chi connectivity index (χ4n) is 2.62. The number of aliphatic hydroxyl groups excluding tert-OH is 1. The second kappa shape index (κ2) is 6.46. The number of rotatable bonds is 4. The quantitative estimate of drug-likeness (QED) is 0.772. The van der Waals surface area contributed by atoms with Crippen LogP contribution in [0.5, 0.6) is 0 Å². The summed E-state index contributed by atoms with van der Waals surface area (Å²) in [4.78, 5) is 25.7. The Bertz CT molecular complexity index is 885. The highest BCUT2D eigenvalue weighted by atomic mass is 16.3. The number of benzene rings is 2. The third-order valence-corrected chi connectivity index (χ3v) is 3.73. The van der Waals surface area contributed by atoms with Crippen molar-refractivity contribution in [2.45, 2.75) is 12.1 Å². The van der Waals surface area contributed by atoms with Crippen LogP contribution in [-0.4, -0.2) is 14.7 Å². The Morgan fingerprint density at radius 3 is 1.96 bits per heavy atom. The number of aliphatic hydroxyl groups is 1. The van der Waals surface area contributed by atoms with Gasteiger partial charge in [0.2, 0.25) is 0 Å². The largest absolute Gasteiger partial charge is 0.386 e. The topological polar surface area (TPSA) is 75.1 Å². The molecule has 0 spiro atoms. The van der Waals surface area contributed by atoms with Crippen LogP contribution < -0.4 is 11.2 Å². The number of nitrogens with zero attached hydrogens (tertiary/aromatic N) is 1. The van der Waals surface area contributed by atoms with E-state index in [1.165, 1.54) is 16.8 Å². The molecule has 5 nitrogen and oxygen atoms in total. The first-order valence-corrected chi connectivity index (χ1v) is 7.26. The van der Waals surface area contributed by atoms with Gasteiger partial charge in [0.15, 0.2) is 0 Å². The minimum absolute atomic E-state index is 0.465. The maximum absolute atomic E-state index is 12.2. The Morgan fingerprint density at radius 1 is 0.826 bits per heavy atom. The van der Waals surface area contributed by atoms with E-state index in [2.05, 4.69) is 4.98 Å². The number of hydrogen-bond acceptors (Lipinski definition) is 3. The molecule has 1 heterocycles. The zero-order valence-electron chi connectivity index (χ0n) is 12.3. The molecule has 0 saturated carbocycles. The van der Waals surface area contributed by atoms with Gasteiger partial charge in [-0.3, -0.25) is 14.3 Å². The number of nitrogens with one attached hydrogen (secondary N) is 1. The molecule has 116 valence electrons. The summed E-state index contributed by atoms with van der Waals surface area (Å²) < 4.78 is 1.34. The molecule has 0 radical (unpaired) electrons. The van der Waals surface area contributed by atoms with Gasteiger partial charge in [0.05, 0.1) is 6.04 Å². The summed E-state index contributed by atoms with van der Waals surface area (Å²) in [7, 11) is 0. The molecular weight excluding hydrogens is 292 g/mol. The number of aromatic nitrogens is 2. The maximum atomic E-state index is 12.2. The van der Waals surface area contributed by atoms with Gasteiger partial charge in [-0.15, -0.1) is 0 Å². The Hall–Kier alpha value is -2.92. The van der Waals surface area contributed by atoms with Gasteiger partial charge >= 0.3 is 5.69 Å². The minimum Gasteiger partial charge on any atom is -0.386 e. The summed E-state index contributed by atoms with van der Waals surface area (Å²) >= 11 is 0. The van der Waals surface area contributed by atoms with Crippen LogP contribution in [0.2, 0.25) is 0 Å². The molecule has 0 bridgehead atoms. The van der Waals surface area contributed by atoms with Gasteiger partial charge in [-0.2, -0.15) is 0 Å². The van der Waals surface area contributed by atoms with E-state index < -0.39 is 23.4 Å². The monoisotopic (exact) mass is 308 g/mol. The van der Waals surface area contributed by atoms with Crippen LogP contribution in [0.25, 0.3) is 0 Å². The van der Waals surface area contributed by atoms with E-state index in [0.29, 0.717) is 5.56 Å². The van der Waals surface area contributed by atoms with Crippen LogP contribution >= 0.6 is 0 Å². The van der Waals surface area contributed by atoms with E-state index in [-0.39, 0.29) is 0 Å². The van der Waals surface area contributed by atoms with Crippen LogP contribution in [0.3, 0.4) is 0 Å². The third kappa shape index (κ3) is 3.14. The molecule has 3 rings (SSSR count). The third-order valence-electron chi connectivity index (χ3n) is 3.73. The smallest absolute Gasteiger partial charge is 0.328 e. The molecule has 0 amide bonds. The van der Waals surface area contributed by atoms with E-state index in [9.17, 15) is 14.7 Å². The van der Waals surface area contributed by atoms with Crippen molar-refractivity contribution in [2.75, 3.05) is 0 Å². The number of H-pyrrole nitrogens is 1. The van der Waals surface area contributed by atoms with Crippen molar-refractivity contribution < 1.29 is 5.11 Å². The second-order valence-electron chi connectivity index (χ2n) is 5.23. The number of aromatic amines is 1. The summed E-state index contributed by atoms with van der Waals surface area (Å²) in [6.07, 6.45) is 0.479. The van der Waals surface area contributed by atoms with Crippen molar-refractivity contribution >= 4 is 0 Å². The standard InChI is InChI=1S/C18H16N2O3/c21-15-11-12-20(18(23)19-15)16(13-7-3-1-4-8-13)17(22)14-9-5-2-6-10-14/h1-12,16-17,22H,(H,19,21,23). The van der Waals surface area contributed by atoms with Crippen molar-refractivity contribution in [1.82, 2.24) is 9.55 Å². The lowest BCUT2D eigenvalue weighted by Gasteiger charge is -2.25. The molecule has 23 heavy (non-hydrogen) atoms. The molecule has 2 atom stereocenters. The Labute approximate surface area is 132 Å². The molecule has 0 aliphatic heterocycles. The van der Waals surface area contributed by atoms with Crippen LogP contribution in [0.15, 0.2) is 82.5 Å². The molecule has 1 aromatic heterocycles. The first-order chi connectivity index (χ1) is 11.2. The van der Waals surface area contributed by atoms with E-state index in [1.807, 2.05) is 48.5 Å². The summed E-state index contributed by atoms with van der Waals surface area (Å²) in [5.41, 5.74) is 0.450. The summed E-state index contributed by atoms with van der Waals surface area (Å²) in [6.45, 7) is 0. The van der Waals surface area contributed by atoms with Crippen molar-refractivity contribution in [3.8, 4) is 0 Å². The van der Waals surface area contributed by atoms with Gasteiger partial charge < -0.3 is 5.11 Å². The minimum atomic E-state index is -0.929. The molecule has 0 fully saturated rings. The Balaban J connectivity index is 2.15. The molecule has 2 N–H and O–H groups in total. The van der Waals surface area contributed by atoms with E-state index in [4.69, 9.17) is 0 Å². The highest BCUT2D eigenvalue weighted by Gasteiger charge is 2.25. The first-order valence-electron chi connectivity index (χ1n) is 7.26. The van der Waals surface area contributed by atoms with Gasteiger partial charge in [0.25, 0.3) is 5.56 Å². The average molecular weight is 308 g/mol. The van der Waals surface area contributed by atoms with Gasteiger partial charge in [0.1, 0.15) is 6.10 Å².